The van der Waals surface area contributed by atoms with Gasteiger partial charge in [0, 0.05) is 0 Å². The summed E-state index contributed by atoms with van der Waals surface area (Å²) in [6.45, 7) is 0.465. The second-order valence-electron chi connectivity index (χ2n) is 4.50. The normalized spacial score (nSPS) is 11.1. The summed E-state index contributed by atoms with van der Waals surface area (Å²) in [4.78, 5) is 8.38. The summed E-state index contributed by atoms with van der Waals surface area (Å²) in [6.07, 6.45) is 2.98. The lowest BCUT2D eigenvalue weighted by molar-refractivity contribution is 0.333. The molecule has 0 saturated heterocycles. The number of benzene rings is 1. The quantitative estimate of drug-likeness (QED) is 0.731. The van der Waals surface area contributed by atoms with Gasteiger partial charge in [-0.25, -0.2) is 4.98 Å². The van der Waals surface area contributed by atoms with Gasteiger partial charge < -0.3 is 18.7 Å². The van der Waals surface area contributed by atoms with Gasteiger partial charge in [-0.15, -0.1) is 0 Å². The van der Waals surface area contributed by atoms with Crippen molar-refractivity contribution in [3.8, 4) is 23.3 Å². The van der Waals surface area contributed by atoms with Crippen LogP contribution < -0.4 is 4.74 Å². The molecule has 1 N–H and O–H groups in total. The van der Waals surface area contributed by atoms with Crippen LogP contribution in [-0.2, 0) is 6.54 Å². The number of rotatable bonds is 5. The molecule has 0 aliphatic heterocycles. The summed E-state index contributed by atoms with van der Waals surface area (Å²) in [5.74, 6) is 1.17. The van der Waals surface area contributed by atoms with Gasteiger partial charge in [0.15, 0.2) is 11.5 Å². The molecule has 3 aromatic rings. The first-order valence-electron chi connectivity index (χ1n) is 6.62. The highest BCUT2D eigenvalue weighted by Crippen LogP contribution is 2.25. The second-order valence-corrected chi connectivity index (χ2v) is 4.50. The Morgan fingerprint density at radius 3 is 2.77 bits per heavy atom. The first kappa shape index (κ1) is 13.9. The summed E-state index contributed by atoms with van der Waals surface area (Å²) in [5, 5.41) is 9.72. The SMILES string of the molecule is COc1ccc(CN=Cc2nc(-c3ccco3)oc2O)cc1. The molecule has 0 atom stereocenters. The maximum absolute atomic E-state index is 9.72. The molecule has 112 valence electrons. The Morgan fingerprint density at radius 2 is 2.09 bits per heavy atom. The first-order valence-corrected chi connectivity index (χ1v) is 6.62. The zero-order valence-electron chi connectivity index (χ0n) is 11.9. The molecule has 0 fully saturated rings. The Morgan fingerprint density at radius 1 is 1.27 bits per heavy atom. The number of aromatic hydroxyl groups is 1. The van der Waals surface area contributed by atoms with Gasteiger partial charge >= 0.3 is 5.95 Å². The average molecular weight is 298 g/mol. The molecule has 0 amide bonds. The zero-order chi connectivity index (χ0) is 15.4. The molecular weight excluding hydrogens is 284 g/mol. The van der Waals surface area contributed by atoms with E-state index in [1.54, 1.807) is 19.2 Å². The molecule has 0 aliphatic carbocycles. The predicted molar refractivity (Wildman–Crippen MR) is 80.2 cm³/mol. The van der Waals surface area contributed by atoms with Gasteiger partial charge in [0.05, 0.1) is 26.1 Å². The third-order valence-electron chi connectivity index (χ3n) is 3.01. The number of methoxy groups -OCH3 is 1. The van der Waals surface area contributed by atoms with Crippen LogP contribution in [-0.4, -0.2) is 23.4 Å². The molecular formula is C16H14N2O4. The van der Waals surface area contributed by atoms with Crippen molar-refractivity contribution in [2.75, 3.05) is 7.11 Å². The Bertz CT molecular complexity index is 758. The van der Waals surface area contributed by atoms with E-state index in [9.17, 15) is 5.11 Å². The van der Waals surface area contributed by atoms with Crippen LogP contribution in [0.5, 0.6) is 11.7 Å². The van der Waals surface area contributed by atoms with E-state index in [0.29, 0.717) is 12.3 Å². The third-order valence-corrected chi connectivity index (χ3v) is 3.01. The molecule has 0 spiro atoms. The summed E-state index contributed by atoms with van der Waals surface area (Å²) in [5.41, 5.74) is 1.28. The van der Waals surface area contributed by atoms with Crippen molar-refractivity contribution in [3.63, 3.8) is 0 Å². The Labute approximate surface area is 126 Å². The number of aliphatic imine (C=N–C) groups is 1. The molecule has 2 heterocycles. The fourth-order valence-corrected chi connectivity index (χ4v) is 1.88. The third kappa shape index (κ3) is 3.01. The summed E-state index contributed by atoms with van der Waals surface area (Å²) < 4.78 is 15.4. The fourth-order valence-electron chi connectivity index (χ4n) is 1.88. The van der Waals surface area contributed by atoms with Crippen molar-refractivity contribution < 1.29 is 18.7 Å². The van der Waals surface area contributed by atoms with Crippen LogP contribution in [0.3, 0.4) is 0 Å². The van der Waals surface area contributed by atoms with Gasteiger partial charge in [-0.2, -0.15) is 0 Å². The second kappa shape index (κ2) is 6.17. The Balaban J connectivity index is 1.69. The first-order chi connectivity index (χ1) is 10.8. The maximum atomic E-state index is 9.72. The lowest BCUT2D eigenvalue weighted by atomic mass is 10.2. The molecule has 22 heavy (non-hydrogen) atoms. The smallest absolute Gasteiger partial charge is 0.312 e. The van der Waals surface area contributed by atoms with Crippen LogP contribution in [0.15, 0.2) is 56.5 Å². The molecule has 1 aromatic carbocycles. The van der Waals surface area contributed by atoms with Crippen LogP contribution in [0.4, 0.5) is 0 Å². The topological polar surface area (TPSA) is 81.0 Å². The zero-order valence-corrected chi connectivity index (χ0v) is 11.9. The number of oxazole rings is 1. The largest absolute Gasteiger partial charge is 0.497 e. The lowest BCUT2D eigenvalue weighted by Gasteiger charge is -2.00. The summed E-state index contributed by atoms with van der Waals surface area (Å²) >= 11 is 0. The number of aromatic nitrogens is 1. The van der Waals surface area contributed by atoms with E-state index in [-0.39, 0.29) is 17.5 Å². The number of ether oxygens (including phenoxy) is 1. The van der Waals surface area contributed by atoms with Crippen molar-refractivity contribution in [3.05, 3.63) is 53.9 Å². The molecule has 0 unspecified atom stereocenters. The van der Waals surface area contributed by atoms with E-state index in [1.165, 1.54) is 12.5 Å². The van der Waals surface area contributed by atoms with E-state index in [2.05, 4.69) is 9.98 Å². The minimum atomic E-state index is -0.287. The number of nitrogens with zero attached hydrogens (tertiary/aromatic N) is 2. The average Bonchev–Trinajstić information content (AvgIpc) is 3.18. The predicted octanol–water partition coefficient (Wildman–Crippen LogP) is 3.27. The van der Waals surface area contributed by atoms with Crippen LogP contribution >= 0.6 is 0 Å². The van der Waals surface area contributed by atoms with Gasteiger partial charge in [-0.3, -0.25) is 4.99 Å². The highest BCUT2D eigenvalue weighted by Gasteiger charge is 2.13. The van der Waals surface area contributed by atoms with Crippen LogP contribution in [0.1, 0.15) is 11.3 Å². The Hall–Kier alpha value is -3.02. The standard InChI is InChI=1S/C16H14N2O4/c1-20-12-6-4-11(5-7-12)9-17-10-13-16(19)22-15(18-13)14-3-2-8-21-14/h2-8,10,19H,9H2,1H3. The Kier molecular flexibility index (Phi) is 3.91. The van der Waals surface area contributed by atoms with Gasteiger partial charge in [-0.1, -0.05) is 12.1 Å². The van der Waals surface area contributed by atoms with Gasteiger partial charge in [0.25, 0.3) is 5.89 Å². The van der Waals surface area contributed by atoms with E-state index in [4.69, 9.17) is 13.6 Å². The van der Waals surface area contributed by atoms with E-state index < -0.39 is 0 Å². The van der Waals surface area contributed by atoms with E-state index >= 15 is 0 Å². The van der Waals surface area contributed by atoms with Gasteiger partial charge in [0.2, 0.25) is 0 Å². The number of furan rings is 1. The molecule has 3 rings (SSSR count). The fraction of sp³-hybridized carbons (Fsp3) is 0.125. The van der Waals surface area contributed by atoms with E-state index in [0.717, 1.165) is 11.3 Å². The monoisotopic (exact) mass is 298 g/mol. The van der Waals surface area contributed by atoms with Crippen molar-refractivity contribution in [2.45, 2.75) is 6.54 Å². The van der Waals surface area contributed by atoms with E-state index in [1.807, 2.05) is 24.3 Å². The maximum Gasteiger partial charge on any atom is 0.312 e. The van der Waals surface area contributed by atoms with Crippen molar-refractivity contribution in [1.29, 1.82) is 0 Å². The molecule has 6 nitrogen and oxygen atoms in total. The molecule has 0 bridgehead atoms. The summed E-state index contributed by atoms with van der Waals surface area (Å²) in [6, 6.07) is 11.0. The summed E-state index contributed by atoms with van der Waals surface area (Å²) in [7, 11) is 1.62. The molecule has 0 saturated carbocycles. The highest BCUT2D eigenvalue weighted by molar-refractivity contribution is 5.80. The van der Waals surface area contributed by atoms with Crippen LogP contribution in [0.25, 0.3) is 11.7 Å². The number of hydrogen-bond acceptors (Lipinski definition) is 6. The number of hydrogen-bond donors (Lipinski definition) is 1. The molecule has 6 heteroatoms. The minimum Gasteiger partial charge on any atom is -0.497 e. The lowest BCUT2D eigenvalue weighted by Crippen LogP contribution is -1.87. The van der Waals surface area contributed by atoms with Gasteiger partial charge in [0.1, 0.15) is 5.75 Å². The van der Waals surface area contributed by atoms with Crippen molar-refractivity contribution in [1.82, 2.24) is 4.98 Å². The van der Waals surface area contributed by atoms with Crippen LogP contribution in [0, 0.1) is 0 Å². The van der Waals surface area contributed by atoms with Crippen molar-refractivity contribution in [2.24, 2.45) is 4.99 Å². The molecule has 2 aromatic heterocycles. The highest BCUT2D eigenvalue weighted by atomic mass is 16.5. The minimum absolute atomic E-state index is 0.216. The van der Waals surface area contributed by atoms with Crippen LogP contribution in [0.2, 0.25) is 0 Å². The molecule has 0 radical (unpaired) electrons. The van der Waals surface area contributed by atoms with Gasteiger partial charge in [-0.05, 0) is 29.8 Å². The molecule has 0 aliphatic rings. The van der Waals surface area contributed by atoms with Crippen molar-refractivity contribution >= 4 is 6.21 Å².